The molecule has 0 bridgehead atoms. The molecule has 0 radical (unpaired) electrons. The Labute approximate surface area is 91.0 Å². The van der Waals surface area contributed by atoms with Crippen LogP contribution in [0.2, 0.25) is 0 Å². The summed E-state index contributed by atoms with van der Waals surface area (Å²) in [5.74, 6) is 0.692. The van der Waals surface area contributed by atoms with Gasteiger partial charge in [0.2, 0.25) is 0 Å². The normalized spacial score (nSPS) is 8.50. The standard InChI is InChI=1S/C8H10N2.V.W/c1-7(2)10-8-5-3-4-6-9-8;;/h3-4,6-7H,1-2H3;;/q-2;;. The van der Waals surface area contributed by atoms with E-state index in [1.54, 1.807) is 6.20 Å². The average Bonchev–Trinajstić information content (AvgIpc) is 2.08. The molecule has 12 heavy (non-hydrogen) atoms. The molecule has 1 heterocycles. The first-order valence-electron chi connectivity index (χ1n) is 3.51. The van der Waals surface area contributed by atoms with Crippen LogP contribution in [0.25, 0.3) is 5.32 Å². The van der Waals surface area contributed by atoms with Gasteiger partial charge in [0.1, 0.15) is 0 Å². The molecular formula is C8H10N2VW-2. The van der Waals surface area contributed by atoms with Gasteiger partial charge >= 0.3 is 30.9 Å². The van der Waals surface area contributed by atoms with Crippen LogP contribution < -0.4 is 0 Å². The van der Waals surface area contributed by atoms with E-state index in [1.165, 1.54) is 16.8 Å². The van der Waals surface area contributed by atoms with Gasteiger partial charge in [-0.2, -0.15) is 12.0 Å². The third kappa shape index (κ3) is 5.82. The number of aromatic nitrogens is 1. The summed E-state index contributed by atoms with van der Waals surface area (Å²) < 4.78 is 0. The maximum atomic E-state index is 4.19. The Morgan fingerprint density at radius 2 is 2.25 bits per heavy atom. The average molecular weight is 369 g/mol. The summed E-state index contributed by atoms with van der Waals surface area (Å²) in [4.78, 5) is 4.00. The van der Waals surface area contributed by atoms with Crippen molar-refractivity contribution in [3.63, 3.8) is 0 Å². The third-order valence-corrected chi connectivity index (χ3v) is 0.972. The molecule has 0 amide bonds. The Morgan fingerprint density at radius 1 is 1.58 bits per heavy atom. The molecule has 0 N–H and O–H groups in total. The predicted molar refractivity (Wildman–Crippen MR) is 41.2 cm³/mol. The summed E-state index contributed by atoms with van der Waals surface area (Å²) in [6.07, 6.45) is 1.72. The van der Waals surface area contributed by atoms with Crippen LogP contribution in [0.4, 0.5) is 5.82 Å². The van der Waals surface area contributed by atoms with E-state index < -0.39 is 0 Å². The van der Waals surface area contributed by atoms with Crippen molar-refractivity contribution in [1.82, 2.24) is 4.98 Å². The van der Waals surface area contributed by atoms with Gasteiger partial charge in [0, 0.05) is 0 Å². The fraction of sp³-hybridized carbons (Fsp3) is 0.375. The maximum absolute atomic E-state index is 4.19. The molecule has 0 aliphatic rings. The summed E-state index contributed by atoms with van der Waals surface area (Å²) in [5, 5.41) is 4.19. The van der Waals surface area contributed by atoms with Gasteiger partial charge in [0.05, 0.1) is 0 Å². The van der Waals surface area contributed by atoms with Crippen LogP contribution in [0.3, 0.4) is 0 Å². The Morgan fingerprint density at radius 3 is 2.67 bits per heavy atom. The van der Waals surface area contributed by atoms with Crippen LogP contribution in [0.5, 0.6) is 0 Å². The van der Waals surface area contributed by atoms with Crippen LogP contribution >= 0.6 is 0 Å². The summed E-state index contributed by atoms with van der Waals surface area (Å²) in [6, 6.07) is 6.87. The first-order valence-corrected chi connectivity index (χ1v) is 9.49. The van der Waals surface area contributed by atoms with Gasteiger partial charge in [0.25, 0.3) is 0 Å². The van der Waals surface area contributed by atoms with E-state index in [9.17, 15) is 0 Å². The molecule has 4 heteroatoms. The zero-order chi connectivity index (χ0) is 9.40. The minimum atomic E-state index is 0.297. The van der Waals surface area contributed by atoms with E-state index in [4.69, 9.17) is 0 Å². The molecule has 0 atom stereocenters. The fourth-order valence-electron chi connectivity index (χ4n) is 0.632. The van der Waals surface area contributed by atoms with E-state index in [0.717, 1.165) is 0 Å². The molecule has 2 nitrogen and oxygen atoms in total. The van der Waals surface area contributed by atoms with Crippen molar-refractivity contribution >= 4 is 5.82 Å². The topological polar surface area (TPSA) is 27.0 Å². The fourth-order valence-corrected chi connectivity index (χ4v) is 0.632. The second kappa shape index (κ2) is 7.85. The molecular weight excluding hydrogens is 359 g/mol. The Hall–Kier alpha value is 0.223. The molecule has 1 aromatic rings. The number of pyridine rings is 1. The van der Waals surface area contributed by atoms with Crippen molar-refractivity contribution in [2.45, 2.75) is 19.9 Å². The number of rotatable bonds is 2. The monoisotopic (exact) mass is 369 g/mol. The van der Waals surface area contributed by atoms with Gasteiger partial charge in [-0.05, 0) is 6.04 Å². The molecule has 0 saturated carbocycles. The second-order valence-corrected chi connectivity index (χ2v) is 2.33. The van der Waals surface area contributed by atoms with Crippen molar-refractivity contribution in [3.05, 3.63) is 29.7 Å². The van der Waals surface area contributed by atoms with Crippen LogP contribution in [0.15, 0.2) is 18.3 Å². The van der Waals surface area contributed by atoms with Gasteiger partial charge in [0.15, 0.2) is 0 Å². The molecule has 0 spiro atoms. The summed E-state index contributed by atoms with van der Waals surface area (Å²) in [5.41, 5.74) is 0. The Bertz CT molecular complexity index is 203. The molecule has 0 aliphatic heterocycles. The van der Waals surface area contributed by atoms with Gasteiger partial charge < -0.3 is 10.3 Å². The van der Waals surface area contributed by atoms with Crippen molar-refractivity contribution in [2.24, 2.45) is 0 Å². The van der Waals surface area contributed by atoms with E-state index in [1.807, 2.05) is 26.0 Å². The molecule has 65 valence electrons. The molecule has 0 unspecified atom stereocenters. The van der Waals surface area contributed by atoms with Crippen molar-refractivity contribution in [1.29, 1.82) is 0 Å². The molecule has 1 rings (SSSR count). The summed E-state index contributed by atoms with van der Waals surface area (Å²) in [7, 11) is 0. The summed E-state index contributed by atoms with van der Waals surface area (Å²) in [6.45, 7) is 4.03. The number of hydrogen-bond acceptors (Lipinski definition) is 1. The van der Waals surface area contributed by atoms with Crippen molar-refractivity contribution in [3.8, 4) is 0 Å². The molecule has 0 fully saturated rings. The minimum absolute atomic E-state index is 0.297. The van der Waals surface area contributed by atoms with E-state index in [-0.39, 0.29) is 0 Å². The number of nitrogens with zero attached hydrogens (tertiary/aromatic N) is 2. The molecule has 0 saturated heterocycles. The van der Waals surface area contributed by atoms with Crippen LogP contribution in [0.1, 0.15) is 13.8 Å². The predicted octanol–water partition coefficient (Wildman–Crippen LogP) is 2.29. The second-order valence-electron chi connectivity index (χ2n) is 2.33. The van der Waals surface area contributed by atoms with Gasteiger partial charge in [-0.3, -0.25) is 6.07 Å². The van der Waals surface area contributed by atoms with Gasteiger partial charge in [-0.1, -0.05) is 13.8 Å². The Balaban J connectivity index is 0.000000561. The molecule has 0 aromatic carbocycles. The zero-order valence-electron chi connectivity index (χ0n) is 7.06. The van der Waals surface area contributed by atoms with Gasteiger partial charge in [-0.25, -0.2) is 12.1 Å². The van der Waals surface area contributed by atoms with Gasteiger partial charge in [-0.15, -0.1) is 0 Å². The SMILES string of the molecule is CC(C)[N-]c1[c-]cccn1.[V]=[W]. The molecule has 1 aromatic heterocycles. The van der Waals surface area contributed by atoms with Crippen LogP contribution in [0, 0.1) is 6.07 Å². The van der Waals surface area contributed by atoms with Crippen LogP contribution in [-0.2, 0) is 30.9 Å². The molecule has 0 aliphatic carbocycles. The number of hydrogen-bond donors (Lipinski definition) is 0. The first kappa shape index (κ1) is 12.2. The first-order chi connectivity index (χ1) is 5.79. The summed E-state index contributed by atoms with van der Waals surface area (Å²) >= 11 is 3.92. The van der Waals surface area contributed by atoms with Crippen molar-refractivity contribution in [2.75, 3.05) is 0 Å². The van der Waals surface area contributed by atoms with Crippen LogP contribution in [-0.4, -0.2) is 11.0 Å². The third-order valence-electron chi connectivity index (χ3n) is 0.972. The van der Waals surface area contributed by atoms with E-state index >= 15 is 0 Å². The van der Waals surface area contributed by atoms with E-state index in [0.29, 0.717) is 11.9 Å². The Kier molecular flexibility index (Phi) is 8.00. The van der Waals surface area contributed by atoms with E-state index in [2.05, 4.69) is 30.4 Å². The zero-order valence-corrected chi connectivity index (χ0v) is 11.4. The van der Waals surface area contributed by atoms with Crippen molar-refractivity contribution < 1.29 is 30.9 Å². The quantitative estimate of drug-likeness (QED) is 0.736.